The van der Waals surface area contributed by atoms with Crippen molar-refractivity contribution in [1.29, 1.82) is 0 Å². The molecule has 0 saturated heterocycles. The first kappa shape index (κ1) is 30.1. The molecule has 0 aliphatic heterocycles. The number of aromatic nitrogens is 2. The molecule has 1 aromatic heterocycles. The van der Waals surface area contributed by atoms with Gasteiger partial charge in [0.15, 0.2) is 0 Å². The van der Waals surface area contributed by atoms with Crippen molar-refractivity contribution < 1.29 is 9.53 Å². The van der Waals surface area contributed by atoms with Crippen molar-refractivity contribution in [1.82, 2.24) is 14.7 Å². The van der Waals surface area contributed by atoms with E-state index in [1.807, 2.05) is 56.3 Å². The second-order valence-corrected chi connectivity index (χ2v) is 9.89. The largest absolute Gasteiger partial charge is 0.494 e. The van der Waals surface area contributed by atoms with Crippen molar-refractivity contribution in [2.75, 3.05) is 51.6 Å². The second kappa shape index (κ2) is 14.1. The quantitative estimate of drug-likeness (QED) is 0.182. The van der Waals surface area contributed by atoms with Crippen molar-refractivity contribution in [2.24, 2.45) is 15.7 Å². The number of ether oxygens (including phenoxy) is 1. The topological polar surface area (TPSA) is 113 Å². The predicted octanol–water partition coefficient (Wildman–Crippen LogP) is 4.76. The number of nitrogens with two attached hydrogens (primary N) is 1. The molecule has 0 aliphatic carbocycles. The first-order chi connectivity index (χ1) is 19.2. The fourth-order valence-electron chi connectivity index (χ4n) is 4.25. The summed E-state index contributed by atoms with van der Waals surface area (Å²) < 4.78 is 7.63. The lowest BCUT2D eigenvalue weighted by atomic mass is 10.1. The fraction of sp³-hybridized carbons (Fsp3) is 0.333. The number of amides is 1. The number of carbonyl (C=O) groups excluding carboxylic acids is 1. The molecule has 2 aromatic carbocycles. The van der Waals surface area contributed by atoms with Crippen molar-refractivity contribution >= 4 is 45.9 Å². The van der Waals surface area contributed by atoms with Gasteiger partial charge in [0, 0.05) is 36.7 Å². The Hall–Kier alpha value is -4.44. The minimum absolute atomic E-state index is 0.257. The Labute approximate surface area is 236 Å². The van der Waals surface area contributed by atoms with Crippen LogP contribution in [0.2, 0.25) is 0 Å². The number of carbonyl (C=O) groups is 1. The maximum atomic E-state index is 12.2. The van der Waals surface area contributed by atoms with Crippen LogP contribution in [0, 0.1) is 0 Å². The number of rotatable bonds is 13. The number of aliphatic imine (C=N–C) groups is 2. The van der Waals surface area contributed by atoms with Crippen LogP contribution in [0.15, 0.2) is 71.4 Å². The number of anilines is 2. The summed E-state index contributed by atoms with van der Waals surface area (Å²) in [5.74, 6) is 0.239. The van der Waals surface area contributed by atoms with E-state index in [1.165, 1.54) is 18.6 Å². The highest BCUT2D eigenvalue weighted by Crippen LogP contribution is 2.38. The normalized spacial score (nSPS) is 12.2. The Morgan fingerprint density at radius 3 is 2.65 bits per heavy atom. The molecule has 40 heavy (non-hydrogen) atoms. The Balaban J connectivity index is 1.96. The first-order valence-corrected chi connectivity index (χ1v) is 13.2. The smallest absolute Gasteiger partial charge is 0.247 e. The minimum atomic E-state index is -0.312. The van der Waals surface area contributed by atoms with Crippen molar-refractivity contribution in [3.8, 4) is 5.75 Å². The predicted molar refractivity (Wildman–Crippen MR) is 166 cm³/mol. The van der Waals surface area contributed by atoms with Gasteiger partial charge in [-0.15, -0.1) is 0 Å². The lowest BCUT2D eigenvalue weighted by Gasteiger charge is -2.24. The summed E-state index contributed by atoms with van der Waals surface area (Å²) in [5.41, 5.74) is 10.2. The summed E-state index contributed by atoms with van der Waals surface area (Å²) in [6, 6.07) is 9.94. The van der Waals surface area contributed by atoms with Crippen LogP contribution in [0.25, 0.3) is 10.9 Å². The molecule has 0 spiro atoms. The summed E-state index contributed by atoms with van der Waals surface area (Å²) in [6.07, 6.45) is 8.66. The molecule has 10 heteroatoms. The van der Waals surface area contributed by atoms with Gasteiger partial charge in [0.05, 0.1) is 35.9 Å². The van der Waals surface area contributed by atoms with Gasteiger partial charge < -0.3 is 25.6 Å². The van der Waals surface area contributed by atoms with E-state index < -0.39 is 0 Å². The van der Waals surface area contributed by atoms with Gasteiger partial charge in [-0.1, -0.05) is 12.6 Å². The number of fused-ring (bicyclic) bond motifs is 1. The lowest BCUT2D eigenvalue weighted by molar-refractivity contribution is -0.111. The average molecular weight is 545 g/mol. The molecule has 3 rings (SSSR count). The molecule has 0 unspecified atom stereocenters. The SMILES string of the molecule is C=CC(=O)Nc1cc(N=CN=C(C=CN)c2ccc3c(cnn3C(C)C)c2)c(OC)cc1N(C)CCCN(C)C. The van der Waals surface area contributed by atoms with Gasteiger partial charge in [0.1, 0.15) is 17.8 Å². The first-order valence-electron chi connectivity index (χ1n) is 13.2. The van der Waals surface area contributed by atoms with Crippen molar-refractivity contribution in [3.63, 3.8) is 0 Å². The van der Waals surface area contributed by atoms with Gasteiger partial charge in [-0.05, 0) is 77.5 Å². The van der Waals surface area contributed by atoms with Crippen LogP contribution in [0.5, 0.6) is 5.75 Å². The van der Waals surface area contributed by atoms with Crippen LogP contribution in [0.4, 0.5) is 17.1 Å². The van der Waals surface area contributed by atoms with Crippen molar-refractivity contribution in [3.05, 3.63) is 67.0 Å². The third-order valence-electron chi connectivity index (χ3n) is 6.28. The molecular formula is C30H40N8O2. The highest BCUT2D eigenvalue weighted by atomic mass is 16.5. The van der Waals surface area contributed by atoms with Crippen LogP contribution in [-0.4, -0.2) is 74.0 Å². The van der Waals surface area contributed by atoms with Crippen LogP contribution >= 0.6 is 0 Å². The standard InChI is InChI=1S/C30H40N8O2/c1-8-30(39)35-25-17-26(29(40-7)18-28(25)37(6)15-9-14-36(4)5)33-20-32-24(12-13-31)22-10-11-27-23(16-22)19-34-38(27)21(2)3/h8,10-13,16-21H,1,9,14-15,31H2,2-7H3,(H,35,39). The number of benzene rings is 2. The summed E-state index contributed by atoms with van der Waals surface area (Å²) in [4.78, 5) is 25.6. The molecule has 0 radical (unpaired) electrons. The zero-order chi connectivity index (χ0) is 29.2. The molecule has 0 bridgehead atoms. The highest BCUT2D eigenvalue weighted by molar-refractivity contribution is 6.12. The van der Waals surface area contributed by atoms with E-state index >= 15 is 0 Å². The van der Waals surface area contributed by atoms with Gasteiger partial charge in [0.2, 0.25) is 5.91 Å². The van der Waals surface area contributed by atoms with E-state index in [-0.39, 0.29) is 11.9 Å². The summed E-state index contributed by atoms with van der Waals surface area (Å²) in [6.45, 7) is 9.51. The molecule has 0 aliphatic rings. The third-order valence-corrected chi connectivity index (χ3v) is 6.28. The van der Waals surface area contributed by atoms with Crippen LogP contribution in [0.1, 0.15) is 31.9 Å². The van der Waals surface area contributed by atoms with E-state index in [0.717, 1.165) is 41.7 Å². The highest BCUT2D eigenvalue weighted by Gasteiger charge is 2.15. The van der Waals surface area contributed by atoms with Crippen LogP contribution in [0.3, 0.4) is 0 Å². The summed E-state index contributed by atoms with van der Waals surface area (Å²) in [5, 5.41) is 8.40. The Kier molecular flexibility index (Phi) is 10.6. The summed E-state index contributed by atoms with van der Waals surface area (Å²) >= 11 is 0. The number of hydrogen-bond donors (Lipinski definition) is 2. The number of hydrogen-bond acceptors (Lipinski definition) is 7. The number of methoxy groups -OCH3 is 1. The minimum Gasteiger partial charge on any atom is -0.494 e. The number of allylic oxidation sites excluding steroid dienone is 1. The average Bonchev–Trinajstić information content (AvgIpc) is 3.36. The van der Waals surface area contributed by atoms with E-state index in [0.29, 0.717) is 22.8 Å². The molecular weight excluding hydrogens is 504 g/mol. The van der Waals surface area contributed by atoms with Crippen molar-refractivity contribution in [2.45, 2.75) is 26.3 Å². The van der Waals surface area contributed by atoms with E-state index in [9.17, 15) is 4.79 Å². The molecule has 1 heterocycles. The van der Waals surface area contributed by atoms with Gasteiger partial charge in [0.25, 0.3) is 0 Å². The Morgan fingerprint density at radius 2 is 2.00 bits per heavy atom. The molecule has 1 amide bonds. The van der Waals surface area contributed by atoms with Gasteiger partial charge in [-0.2, -0.15) is 5.10 Å². The maximum absolute atomic E-state index is 12.2. The van der Waals surface area contributed by atoms with Gasteiger partial charge in [-0.25, -0.2) is 9.98 Å². The Morgan fingerprint density at radius 1 is 1.23 bits per heavy atom. The van der Waals surface area contributed by atoms with E-state index in [1.54, 1.807) is 19.3 Å². The molecule has 3 aromatic rings. The molecule has 0 atom stereocenters. The fourth-order valence-corrected chi connectivity index (χ4v) is 4.25. The van der Waals surface area contributed by atoms with E-state index in [4.69, 9.17) is 10.5 Å². The Bertz CT molecular complexity index is 1420. The maximum Gasteiger partial charge on any atom is 0.247 e. The molecule has 0 saturated carbocycles. The number of nitrogens with one attached hydrogen (secondary N) is 1. The molecule has 10 nitrogen and oxygen atoms in total. The lowest BCUT2D eigenvalue weighted by Crippen LogP contribution is -2.24. The van der Waals surface area contributed by atoms with Gasteiger partial charge >= 0.3 is 0 Å². The molecule has 212 valence electrons. The molecule has 3 N–H and O–H groups in total. The van der Waals surface area contributed by atoms with Crippen LogP contribution < -0.4 is 20.7 Å². The van der Waals surface area contributed by atoms with E-state index in [2.05, 4.69) is 50.6 Å². The summed E-state index contributed by atoms with van der Waals surface area (Å²) in [7, 11) is 7.66. The van der Waals surface area contributed by atoms with Crippen LogP contribution in [-0.2, 0) is 4.79 Å². The monoisotopic (exact) mass is 544 g/mol. The van der Waals surface area contributed by atoms with Gasteiger partial charge in [-0.3, -0.25) is 9.48 Å². The number of nitrogens with zero attached hydrogens (tertiary/aromatic N) is 6. The second-order valence-electron chi connectivity index (χ2n) is 9.89. The third kappa shape index (κ3) is 7.57. The molecule has 0 fully saturated rings. The zero-order valence-corrected chi connectivity index (χ0v) is 24.3. The zero-order valence-electron chi connectivity index (χ0n) is 24.3.